The first kappa shape index (κ1) is 18.7. The highest BCUT2D eigenvalue weighted by Gasteiger charge is 2.32. The molecule has 3 nitrogen and oxygen atoms in total. The lowest BCUT2D eigenvalue weighted by Crippen LogP contribution is -2.48. The number of carbonyl (C=O) groups excluding carboxylic acids is 1. The number of halogens is 1. The number of rotatable bonds is 4. The van der Waals surface area contributed by atoms with Crippen molar-refractivity contribution in [3.05, 3.63) is 48.0 Å². The summed E-state index contributed by atoms with van der Waals surface area (Å²) in [5, 5.41) is 0. The van der Waals surface area contributed by atoms with E-state index >= 15 is 0 Å². The number of hydrogen-bond acceptors (Lipinski definition) is 3. The Hall–Kier alpha value is -1.32. The summed E-state index contributed by atoms with van der Waals surface area (Å²) in [6.07, 6.45) is 5.17. The van der Waals surface area contributed by atoms with Gasteiger partial charge in [-0.05, 0) is 26.0 Å². The van der Waals surface area contributed by atoms with Crippen LogP contribution in [0.15, 0.2) is 42.5 Å². The fourth-order valence-electron chi connectivity index (χ4n) is 2.82. The van der Waals surface area contributed by atoms with Gasteiger partial charge in [-0.1, -0.05) is 37.3 Å². The van der Waals surface area contributed by atoms with Gasteiger partial charge in [-0.15, -0.1) is 12.4 Å². The van der Waals surface area contributed by atoms with E-state index in [9.17, 15) is 4.79 Å². The Labute approximate surface area is 139 Å². The van der Waals surface area contributed by atoms with Crippen LogP contribution < -0.4 is 0 Å². The number of benzene rings is 1. The molecule has 1 aromatic rings. The molecule has 1 heterocycles. The third-order valence-corrected chi connectivity index (χ3v) is 4.20. The van der Waals surface area contributed by atoms with Gasteiger partial charge >= 0.3 is 5.97 Å². The number of nitrogens with zero attached hydrogens (tertiary/aromatic N) is 1. The van der Waals surface area contributed by atoms with Gasteiger partial charge in [-0.2, -0.15) is 0 Å². The molecule has 122 valence electrons. The maximum Gasteiger partial charge on any atom is 0.338 e. The van der Waals surface area contributed by atoms with E-state index in [2.05, 4.69) is 30.9 Å². The van der Waals surface area contributed by atoms with E-state index < -0.39 is 0 Å². The van der Waals surface area contributed by atoms with E-state index in [1.807, 2.05) is 25.1 Å². The molecule has 1 aliphatic rings. The smallest absolute Gasteiger partial charge is 0.338 e. The van der Waals surface area contributed by atoms with Crippen LogP contribution in [0, 0.1) is 5.92 Å². The summed E-state index contributed by atoms with van der Waals surface area (Å²) in [5.41, 5.74) is 0.633. The highest BCUT2D eigenvalue weighted by Crippen LogP contribution is 2.25. The first-order valence-electron chi connectivity index (χ1n) is 7.73. The molecule has 1 aliphatic heterocycles. The second kappa shape index (κ2) is 8.96. The molecular weight excluding hydrogens is 298 g/mol. The third-order valence-electron chi connectivity index (χ3n) is 4.20. The average molecular weight is 324 g/mol. The normalized spacial score (nSPS) is 25.7. The minimum Gasteiger partial charge on any atom is -0.458 e. The highest BCUT2D eigenvalue weighted by atomic mass is 35.5. The van der Waals surface area contributed by atoms with E-state index in [0.717, 1.165) is 19.5 Å². The van der Waals surface area contributed by atoms with Gasteiger partial charge in [0.2, 0.25) is 0 Å². The van der Waals surface area contributed by atoms with E-state index in [1.54, 1.807) is 12.1 Å². The van der Waals surface area contributed by atoms with E-state index in [4.69, 9.17) is 4.74 Å². The van der Waals surface area contributed by atoms with Crippen molar-refractivity contribution in [1.82, 2.24) is 4.90 Å². The lowest BCUT2D eigenvalue weighted by atomic mass is 9.91. The van der Waals surface area contributed by atoms with E-state index in [0.29, 0.717) is 17.5 Å². The molecule has 1 aromatic carbocycles. The summed E-state index contributed by atoms with van der Waals surface area (Å²) >= 11 is 0. The van der Waals surface area contributed by atoms with Crippen LogP contribution in [0.3, 0.4) is 0 Å². The van der Waals surface area contributed by atoms with Gasteiger partial charge in [-0.3, -0.25) is 4.90 Å². The van der Waals surface area contributed by atoms with Crippen molar-refractivity contribution >= 4 is 18.4 Å². The molecule has 0 bridgehead atoms. The minimum atomic E-state index is -0.207. The lowest BCUT2D eigenvalue weighted by molar-refractivity contribution is -0.0229. The molecule has 0 aromatic heterocycles. The maximum atomic E-state index is 12.2. The van der Waals surface area contributed by atoms with Crippen LogP contribution in [0.4, 0.5) is 0 Å². The Morgan fingerprint density at radius 1 is 1.32 bits per heavy atom. The van der Waals surface area contributed by atoms with Crippen LogP contribution in [0.2, 0.25) is 0 Å². The summed E-state index contributed by atoms with van der Waals surface area (Å²) in [4.78, 5) is 14.6. The fraction of sp³-hybridized carbons (Fsp3) is 0.500. The van der Waals surface area contributed by atoms with Gasteiger partial charge in [0.15, 0.2) is 0 Å². The zero-order valence-corrected chi connectivity index (χ0v) is 14.4. The molecule has 0 N–H and O–H groups in total. The number of hydrogen-bond donors (Lipinski definition) is 0. The molecule has 1 fully saturated rings. The Morgan fingerprint density at radius 3 is 2.64 bits per heavy atom. The molecule has 1 saturated heterocycles. The summed E-state index contributed by atoms with van der Waals surface area (Å²) in [6.45, 7) is 8.36. The molecule has 0 aliphatic carbocycles. The molecule has 0 saturated carbocycles. The lowest BCUT2D eigenvalue weighted by Gasteiger charge is -2.40. The Kier molecular flexibility index (Phi) is 7.63. The quantitative estimate of drug-likeness (QED) is 0.621. The average Bonchev–Trinajstić information content (AvgIpc) is 2.50. The van der Waals surface area contributed by atoms with Gasteiger partial charge in [0.1, 0.15) is 6.10 Å². The third kappa shape index (κ3) is 4.85. The monoisotopic (exact) mass is 323 g/mol. The van der Waals surface area contributed by atoms with Crippen LogP contribution in [0.25, 0.3) is 0 Å². The Bertz CT molecular complexity index is 489. The standard InChI is InChI=1S/C18H25NO2.ClH/c1-4-5-11-19-13-14(2)17(12-15(19)3)21-18(20)16-9-7-6-8-10-16;/h4-10,14-15,17H,11-13H2,1-3H3;1H/b5-4-;. The van der Waals surface area contributed by atoms with Crippen molar-refractivity contribution in [1.29, 1.82) is 0 Å². The van der Waals surface area contributed by atoms with Gasteiger partial charge in [0.25, 0.3) is 0 Å². The van der Waals surface area contributed by atoms with Crippen LogP contribution in [-0.2, 0) is 4.74 Å². The molecule has 3 unspecified atom stereocenters. The summed E-state index contributed by atoms with van der Waals surface area (Å²) in [7, 11) is 0. The molecule has 22 heavy (non-hydrogen) atoms. The van der Waals surface area contributed by atoms with Crippen LogP contribution in [0.5, 0.6) is 0 Å². The fourth-order valence-corrected chi connectivity index (χ4v) is 2.82. The molecule has 2 rings (SSSR count). The number of piperidine rings is 1. The second-order valence-electron chi connectivity index (χ2n) is 5.89. The summed E-state index contributed by atoms with van der Waals surface area (Å²) < 4.78 is 5.73. The predicted octanol–water partition coefficient (Wildman–Crippen LogP) is 3.94. The second-order valence-corrected chi connectivity index (χ2v) is 5.89. The largest absolute Gasteiger partial charge is 0.458 e. The van der Waals surface area contributed by atoms with E-state index in [-0.39, 0.29) is 24.5 Å². The van der Waals surface area contributed by atoms with Crippen LogP contribution >= 0.6 is 12.4 Å². The predicted molar refractivity (Wildman–Crippen MR) is 92.5 cm³/mol. The van der Waals surface area contributed by atoms with Crippen molar-refractivity contribution in [2.75, 3.05) is 13.1 Å². The molecule has 3 atom stereocenters. The topological polar surface area (TPSA) is 29.5 Å². The minimum absolute atomic E-state index is 0. The molecule has 0 amide bonds. The van der Waals surface area contributed by atoms with Crippen LogP contribution in [-0.4, -0.2) is 36.1 Å². The van der Waals surface area contributed by atoms with Gasteiger partial charge in [-0.25, -0.2) is 4.79 Å². The molecular formula is C18H26ClNO2. The van der Waals surface area contributed by atoms with Gasteiger partial charge in [0.05, 0.1) is 5.56 Å². The van der Waals surface area contributed by atoms with Crippen molar-refractivity contribution in [3.8, 4) is 0 Å². The number of esters is 1. The number of allylic oxidation sites excluding steroid dienone is 1. The first-order valence-corrected chi connectivity index (χ1v) is 7.73. The highest BCUT2D eigenvalue weighted by molar-refractivity contribution is 5.89. The van der Waals surface area contributed by atoms with E-state index in [1.165, 1.54) is 0 Å². The molecule has 0 radical (unpaired) electrons. The van der Waals surface area contributed by atoms with Crippen molar-refractivity contribution < 1.29 is 9.53 Å². The first-order chi connectivity index (χ1) is 10.1. The molecule has 4 heteroatoms. The zero-order valence-electron chi connectivity index (χ0n) is 13.6. The maximum absolute atomic E-state index is 12.2. The number of ether oxygens (including phenoxy) is 1. The van der Waals surface area contributed by atoms with Gasteiger partial charge < -0.3 is 4.74 Å². The zero-order chi connectivity index (χ0) is 15.2. The van der Waals surface area contributed by atoms with Crippen LogP contribution in [0.1, 0.15) is 37.6 Å². The molecule has 0 spiro atoms. The Balaban J connectivity index is 0.00000242. The van der Waals surface area contributed by atoms with Gasteiger partial charge in [0, 0.05) is 31.5 Å². The number of carbonyl (C=O) groups is 1. The Morgan fingerprint density at radius 2 is 2.00 bits per heavy atom. The summed E-state index contributed by atoms with van der Waals surface area (Å²) in [6, 6.07) is 9.67. The van der Waals surface area contributed by atoms with Crippen molar-refractivity contribution in [2.45, 2.75) is 39.3 Å². The number of likely N-dealkylation sites (tertiary alicyclic amines) is 1. The SMILES string of the molecule is C/C=C\CN1CC(C)C(OC(=O)c2ccccc2)CC1C.Cl. The van der Waals surface area contributed by atoms with Crippen molar-refractivity contribution in [2.24, 2.45) is 5.92 Å². The van der Waals surface area contributed by atoms with Crippen molar-refractivity contribution in [3.63, 3.8) is 0 Å². The summed E-state index contributed by atoms with van der Waals surface area (Å²) in [5.74, 6) is 0.153.